The Hall–Kier alpha value is -2.12. The Balaban J connectivity index is 1.71. The Morgan fingerprint density at radius 3 is 2.91 bits per heavy atom. The first-order valence-corrected chi connectivity index (χ1v) is 8.36. The molecule has 1 aliphatic carbocycles. The fraction of sp³-hybridized carbons (Fsp3) is 0.333. The summed E-state index contributed by atoms with van der Waals surface area (Å²) in [5.74, 6) is 0.672. The van der Waals surface area contributed by atoms with Gasteiger partial charge in [0.1, 0.15) is 0 Å². The van der Waals surface area contributed by atoms with Crippen LogP contribution in [0, 0.1) is 17.2 Å². The predicted molar refractivity (Wildman–Crippen MR) is 89.2 cm³/mol. The van der Waals surface area contributed by atoms with Gasteiger partial charge in [-0.25, -0.2) is 0 Å². The topological polar surface area (TPSA) is 52.9 Å². The van der Waals surface area contributed by atoms with E-state index in [-0.39, 0.29) is 5.91 Å². The van der Waals surface area contributed by atoms with Crippen molar-refractivity contribution < 1.29 is 4.79 Å². The van der Waals surface area contributed by atoms with E-state index in [2.05, 4.69) is 24.4 Å². The standard InChI is InChI=1S/C18H18N2OS/c1-12-2-7-16-14(10-12)11-17(22-16)18(21)20-15-5-3-13(4-6-15)8-9-19/h3-6,11-12H,2,7-8,10H2,1H3,(H,20,21). The van der Waals surface area contributed by atoms with Crippen LogP contribution in [0.4, 0.5) is 5.69 Å². The summed E-state index contributed by atoms with van der Waals surface area (Å²) in [7, 11) is 0. The van der Waals surface area contributed by atoms with Crippen molar-refractivity contribution in [2.24, 2.45) is 5.92 Å². The van der Waals surface area contributed by atoms with Crippen LogP contribution in [0.15, 0.2) is 30.3 Å². The molecule has 1 heterocycles. The number of carbonyl (C=O) groups excluding carboxylic acids is 1. The molecule has 1 amide bonds. The fourth-order valence-corrected chi connectivity index (χ4v) is 3.91. The quantitative estimate of drug-likeness (QED) is 0.924. The minimum Gasteiger partial charge on any atom is -0.321 e. The van der Waals surface area contributed by atoms with Gasteiger partial charge in [0.2, 0.25) is 0 Å². The lowest BCUT2D eigenvalue weighted by Gasteiger charge is -2.16. The first-order valence-electron chi connectivity index (χ1n) is 7.54. The molecule has 0 radical (unpaired) electrons. The Bertz CT molecular complexity index is 725. The number of rotatable bonds is 3. The number of nitriles is 1. The molecule has 1 aromatic carbocycles. The normalized spacial score (nSPS) is 16.6. The van der Waals surface area contributed by atoms with Gasteiger partial charge in [0.25, 0.3) is 5.91 Å². The molecule has 22 heavy (non-hydrogen) atoms. The van der Waals surface area contributed by atoms with Crippen LogP contribution < -0.4 is 5.32 Å². The highest BCUT2D eigenvalue weighted by atomic mass is 32.1. The lowest BCUT2D eigenvalue weighted by atomic mass is 9.90. The first kappa shape index (κ1) is 14.8. The molecule has 3 rings (SSSR count). The fourth-order valence-electron chi connectivity index (χ4n) is 2.81. The number of fused-ring (bicyclic) bond motifs is 1. The maximum absolute atomic E-state index is 12.4. The van der Waals surface area contributed by atoms with Gasteiger partial charge in [-0.3, -0.25) is 4.79 Å². The van der Waals surface area contributed by atoms with Crippen LogP contribution in [0.1, 0.15) is 39.0 Å². The maximum atomic E-state index is 12.4. The molecule has 0 saturated carbocycles. The zero-order valence-electron chi connectivity index (χ0n) is 12.6. The molecule has 0 bridgehead atoms. The summed E-state index contributed by atoms with van der Waals surface area (Å²) in [6, 6.07) is 11.6. The number of thiophene rings is 1. The molecule has 1 atom stereocenters. The monoisotopic (exact) mass is 310 g/mol. The van der Waals surface area contributed by atoms with Crippen LogP contribution in [0.2, 0.25) is 0 Å². The Kier molecular flexibility index (Phi) is 4.26. The molecule has 2 aromatic rings. The molecule has 0 spiro atoms. The number of hydrogen-bond acceptors (Lipinski definition) is 3. The van der Waals surface area contributed by atoms with Crippen molar-refractivity contribution in [2.45, 2.75) is 32.6 Å². The lowest BCUT2D eigenvalue weighted by Crippen LogP contribution is -2.10. The molecule has 1 aliphatic rings. The molecule has 4 heteroatoms. The average molecular weight is 310 g/mol. The molecule has 0 aliphatic heterocycles. The van der Waals surface area contributed by atoms with Gasteiger partial charge < -0.3 is 5.32 Å². The van der Waals surface area contributed by atoms with Gasteiger partial charge in [-0.2, -0.15) is 5.26 Å². The van der Waals surface area contributed by atoms with Crippen LogP contribution in [-0.4, -0.2) is 5.91 Å². The van der Waals surface area contributed by atoms with E-state index in [0.29, 0.717) is 12.3 Å². The second-order valence-electron chi connectivity index (χ2n) is 5.89. The van der Waals surface area contributed by atoms with Gasteiger partial charge in [-0.15, -0.1) is 11.3 Å². The highest BCUT2D eigenvalue weighted by Crippen LogP contribution is 2.32. The lowest BCUT2D eigenvalue weighted by molar-refractivity contribution is 0.103. The number of hydrogen-bond donors (Lipinski definition) is 1. The van der Waals surface area contributed by atoms with E-state index < -0.39 is 0 Å². The second kappa shape index (κ2) is 6.33. The third kappa shape index (κ3) is 3.20. The van der Waals surface area contributed by atoms with E-state index in [9.17, 15) is 4.79 Å². The maximum Gasteiger partial charge on any atom is 0.265 e. The van der Waals surface area contributed by atoms with Crippen molar-refractivity contribution in [3.05, 3.63) is 51.2 Å². The number of carbonyl (C=O) groups is 1. The smallest absolute Gasteiger partial charge is 0.265 e. The number of anilines is 1. The van der Waals surface area contributed by atoms with Crippen molar-refractivity contribution in [2.75, 3.05) is 5.32 Å². The van der Waals surface area contributed by atoms with Gasteiger partial charge in [-0.1, -0.05) is 19.1 Å². The minimum absolute atomic E-state index is 0.0416. The Labute approximate surface area is 134 Å². The van der Waals surface area contributed by atoms with Gasteiger partial charge in [0.05, 0.1) is 17.4 Å². The summed E-state index contributed by atoms with van der Waals surface area (Å²) in [5, 5.41) is 11.6. The zero-order valence-corrected chi connectivity index (χ0v) is 13.4. The third-order valence-electron chi connectivity index (χ3n) is 4.05. The molecule has 0 fully saturated rings. The second-order valence-corrected chi connectivity index (χ2v) is 7.03. The van der Waals surface area contributed by atoms with Crippen molar-refractivity contribution >= 4 is 22.9 Å². The number of aryl methyl sites for hydroxylation is 1. The van der Waals surface area contributed by atoms with Crippen molar-refractivity contribution in [1.82, 2.24) is 0 Å². The SMILES string of the molecule is CC1CCc2sc(C(=O)Nc3ccc(CC#N)cc3)cc2C1. The minimum atomic E-state index is -0.0416. The van der Waals surface area contributed by atoms with Crippen molar-refractivity contribution in [3.63, 3.8) is 0 Å². The van der Waals surface area contributed by atoms with E-state index in [1.54, 1.807) is 11.3 Å². The van der Waals surface area contributed by atoms with E-state index in [1.807, 2.05) is 24.3 Å². The van der Waals surface area contributed by atoms with Gasteiger partial charge >= 0.3 is 0 Å². The molecule has 112 valence electrons. The molecule has 1 N–H and O–H groups in total. The largest absolute Gasteiger partial charge is 0.321 e. The highest BCUT2D eigenvalue weighted by molar-refractivity contribution is 7.14. The number of nitrogens with zero attached hydrogens (tertiary/aromatic N) is 1. The van der Waals surface area contributed by atoms with E-state index >= 15 is 0 Å². The van der Waals surface area contributed by atoms with E-state index in [0.717, 1.165) is 29.0 Å². The predicted octanol–water partition coefficient (Wildman–Crippen LogP) is 4.19. The molecular formula is C18H18N2OS. The molecule has 0 saturated heterocycles. The average Bonchev–Trinajstić information content (AvgIpc) is 2.92. The van der Waals surface area contributed by atoms with Gasteiger partial charge in [0.15, 0.2) is 0 Å². The van der Waals surface area contributed by atoms with Crippen LogP contribution in [-0.2, 0) is 19.3 Å². The van der Waals surface area contributed by atoms with Crippen LogP contribution >= 0.6 is 11.3 Å². The van der Waals surface area contributed by atoms with Gasteiger partial charge in [0, 0.05) is 10.6 Å². The number of amides is 1. The van der Waals surface area contributed by atoms with Crippen molar-refractivity contribution in [1.29, 1.82) is 5.26 Å². The summed E-state index contributed by atoms with van der Waals surface area (Å²) in [6.07, 6.45) is 3.79. The Morgan fingerprint density at radius 2 is 2.18 bits per heavy atom. The number of nitrogens with one attached hydrogen (secondary N) is 1. The van der Waals surface area contributed by atoms with E-state index in [4.69, 9.17) is 5.26 Å². The van der Waals surface area contributed by atoms with Gasteiger partial charge in [-0.05, 0) is 54.5 Å². The Morgan fingerprint density at radius 1 is 1.41 bits per heavy atom. The summed E-state index contributed by atoms with van der Waals surface area (Å²) in [6.45, 7) is 2.27. The molecule has 1 unspecified atom stereocenters. The third-order valence-corrected chi connectivity index (χ3v) is 5.28. The van der Waals surface area contributed by atoms with Crippen molar-refractivity contribution in [3.8, 4) is 6.07 Å². The van der Waals surface area contributed by atoms with Crippen LogP contribution in [0.5, 0.6) is 0 Å². The molecular weight excluding hydrogens is 292 g/mol. The summed E-state index contributed by atoms with van der Waals surface area (Å²) in [4.78, 5) is 14.5. The van der Waals surface area contributed by atoms with E-state index in [1.165, 1.54) is 16.9 Å². The number of benzene rings is 1. The van der Waals surface area contributed by atoms with Crippen LogP contribution in [0.25, 0.3) is 0 Å². The molecule has 1 aromatic heterocycles. The first-order chi connectivity index (χ1) is 10.7. The zero-order chi connectivity index (χ0) is 15.5. The van der Waals surface area contributed by atoms with Crippen LogP contribution in [0.3, 0.4) is 0 Å². The summed E-state index contributed by atoms with van der Waals surface area (Å²) < 4.78 is 0. The summed E-state index contributed by atoms with van der Waals surface area (Å²) in [5.41, 5.74) is 3.07. The summed E-state index contributed by atoms with van der Waals surface area (Å²) >= 11 is 1.62. The molecule has 3 nitrogen and oxygen atoms in total. The highest BCUT2D eigenvalue weighted by Gasteiger charge is 2.20.